The highest BCUT2D eigenvalue weighted by atomic mass is 32.1. The van der Waals surface area contributed by atoms with Crippen LogP contribution < -0.4 is 0 Å². The van der Waals surface area contributed by atoms with Crippen LogP contribution in [0.5, 0.6) is 0 Å². The minimum atomic E-state index is -1.000. The van der Waals surface area contributed by atoms with E-state index in [0.29, 0.717) is 10.6 Å². The number of hydrogen-bond acceptors (Lipinski definition) is 3. The van der Waals surface area contributed by atoms with Gasteiger partial charge in [-0.1, -0.05) is 29.8 Å². The van der Waals surface area contributed by atoms with Crippen LogP contribution in [0.15, 0.2) is 35.2 Å². The summed E-state index contributed by atoms with van der Waals surface area (Å²) in [6.45, 7) is 3.70. The van der Waals surface area contributed by atoms with Gasteiger partial charge < -0.3 is 5.11 Å². The van der Waals surface area contributed by atoms with Crippen molar-refractivity contribution in [1.82, 2.24) is 4.98 Å². The molecule has 2 rings (SSSR count). The van der Waals surface area contributed by atoms with Crippen molar-refractivity contribution < 1.29 is 9.90 Å². The van der Waals surface area contributed by atoms with Crippen LogP contribution in [-0.4, -0.2) is 16.1 Å². The van der Waals surface area contributed by atoms with E-state index in [1.807, 2.05) is 31.2 Å². The molecule has 0 aliphatic rings. The number of aromatic carboxylic acids is 1. The van der Waals surface area contributed by atoms with Gasteiger partial charge >= 0.3 is 5.97 Å². The first kappa shape index (κ1) is 12.6. The lowest BCUT2D eigenvalue weighted by Crippen LogP contribution is -2.04. The lowest BCUT2D eigenvalue weighted by Gasteiger charge is -2.08. The maximum absolute atomic E-state index is 11.0. The number of benzene rings is 1. The average molecular weight is 259 g/mol. The maximum Gasteiger partial charge on any atom is 0.338 e. The first-order valence-electron chi connectivity index (χ1n) is 5.50. The van der Waals surface area contributed by atoms with Gasteiger partial charge in [0.15, 0.2) is 0 Å². The Morgan fingerprint density at radius 2 is 1.83 bits per heavy atom. The van der Waals surface area contributed by atoms with Gasteiger partial charge in [-0.3, -0.25) is 4.98 Å². The Morgan fingerprint density at radius 1 is 1.22 bits per heavy atom. The molecule has 1 N–H and O–H groups in total. The largest absolute Gasteiger partial charge is 0.478 e. The molecule has 0 aliphatic carbocycles. The highest BCUT2D eigenvalue weighted by molar-refractivity contribution is 7.80. The maximum atomic E-state index is 11.0. The number of carbonyl (C=O) groups is 1. The van der Waals surface area contributed by atoms with Crippen molar-refractivity contribution in [2.45, 2.75) is 18.7 Å². The van der Waals surface area contributed by atoms with Crippen LogP contribution in [-0.2, 0) is 0 Å². The number of carboxylic acid groups (broad SMARTS) is 1. The van der Waals surface area contributed by atoms with E-state index in [-0.39, 0.29) is 5.56 Å². The van der Waals surface area contributed by atoms with Gasteiger partial charge in [0.2, 0.25) is 0 Å². The third-order valence-electron chi connectivity index (χ3n) is 2.74. The van der Waals surface area contributed by atoms with Crippen LogP contribution in [0.3, 0.4) is 0 Å². The highest BCUT2D eigenvalue weighted by Crippen LogP contribution is 2.25. The summed E-state index contributed by atoms with van der Waals surface area (Å²) in [6.07, 6.45) is 0. The second-order valence-corrected chi connectivity index (χ2v) is 4.64. The predicted molar refractivity (Wildman–Crippen MR) is 73.4 cm³/mol. The van der Waals surface area contributed by atoms with Crippen LogP contribution in [0.2, 0.25) is 0 Å². The Bertz CT molecular complexity index is 583. The lowest BCUT2D eigenvalue weighted by atomic mass is 10.1. The summed E-state index contributed by atoms with van der Waals surface area (Å²) in [5.41, 5.74) is 3.50. The van der Waals surface area contributed by atoms with E-state index >= 15 is 0 Å². The van der Waals surface area contributed by atoms with Crippen molar-refractivity contribution in [2.75, 3.05) is 0 Å². The number of thiol groups is 1. The number of rotatable bonds is 2. The van der Waals surface area contributed by atoms with Crippen LogP contribution >= 0.6 is 12.6 Å². The van der Waals surface area contributed by atoms with Crippen molar-refractivity contribution in [3.8, 4) is 11.3 Å². The molecule has 0 spiro atoms. The van der Waals surface area contributed by atoms with Gasteiger partial charge in [0.1, 0.15) is 0 Å². The molecular weight excluding hydrogens is 246 g/mol. The monoisotopic (exact) mass is 259 g/mol. The molecule has 0 fully saturated rings. The van der Waals surface area contributed by atoms with E-state index < -0.39 is 5.97 Å². The Labute approximate surface area is 111 Å². The molecule has 3 nitrogen and oxygen atoms in total. The van der Waals surface area contributed by atoms with E-state index in [1.165, 1.54) is 5.56 Å². The number of aryl methyl sites for hydroxylation is 2. The highest BCUT2D eigenvalue weighted by Gasteiger charge is 2.14. The van der Waals surface area contributed by atoms with Crippen LogP contribution in [0.1, 0.15) is 21.6 Å². The molecule has 0 atom stereocenters. The Kier molecular flexibility index (Phi) is 3.39. The molecule has 1 heterocycles. The van der Waals surface area contributed by atoms with E-state index in [0.717, 1.165) is 11.3 Å². The summed E-state index contributed by atoms with van der Waals surface area (Å²) in [4.78, 5) is 15.8. The Hall–Kier alpha value is -1.81. The predicted octanol–water partition coefficient (Wildman–Crippen LogP) is 3.35. The minimum absolute atomic E-state index is 0.161. The number of hydrogen-bond donors (Lipinski definition) is 2. The lowest BCUT2D eigenvalue weighted by molar-refractivity contribution is 0.0692. The quantitative estimate of drug-likeness (QED) is 0.813. The number of nitrogens with zero attached hydrogens (tertiary/aromatic N) is 1. The molecule has 1 aromatic carbocycles. The van der Waals surface area contributed by atoms with Gasteiger partial charge in [0.25, 0.3) is 0 Å². The average Bonchev–Trinajstić information content (AvgIpc) is 2.28. The molecule has 4 heteroatoms. The van der Waals surface area contributed by atoms with Crippen LogP contribution in [0.4, 0.5) is 0 Å². The van der Waals surface area contributed by atoms with Gasteiger partial charge in [0, 0.05) is 10.5 Å². The second-order valence-electron chi connectivity index (χ2n) is 4.16. The van der Waals surface area contributed by atoms with Crippen molar-refractivity contribution in [3.05, 3.63) is 47.2 Å². The normalized spacial score (nSPS) is 10.4. The van der Waals surface area contributed by atoms with Crippen molar-refractivity contribution in [2.24, 2.45) is 0 Å². The molecule has 0 bridgehead atoms. The standard InChI is InChI=1S/C14H13NO2S/c1-8-3-5-10(6-4-8)11-7-12(18)13(14(16)17)9(2)15-11/h3-7H,1-2H3,(H,15,18)(H,16,17). The molecule has 2 aromatic rings. The Balaban J connectivity index is 2.54. The van der Waals surface area contributed by atoms with Crippen LogP contribution in [0, 0.1) is 13.8 Å². The zero-order valence-corrected chi connectivity index (χ0v) is 11.0. The summed E-state index contributed by atoms with van der Waals surface area (Å²) >= 11 is 4.23. The van der Waals surface area contributed by atoms with Gasteiger partial charge in [-0.2, -0.15) is 0 Å². The summed E-state index contributed by atoms with van der Waals surface area (Å²) in [6, 6.07) is 9.60. The second kappa shape index (κ2) is 4.82. The summed E-state index contributed by atoms with van der Waals surface area (Å²) in [7, 11) is 0. The van der Waals surface area contributed by atoms with E-state index in [4.69, 9.17) is 5.11 Å². The molecule has 0 unspecified atom stereocenters. The van der Waals surface area contributed by atoms with Crippen molar-refractivity contribution in [1.29, 1.82) is 0 Å². The molecule has 0 radical (unpaired) electrons. The smallest absolute Gasteiger partial charge is 0.338 e. The zero-order chi connectivity index (χ0) is 13.3. The molecule has 0 amide bonds. The molecule has 18 heavy (non-hydrogen) atoms. The third-order valence-corrected chi connectivity index (χ3v) is 3.09. The van der Waals surface area contributed by atoms with E-state index in [9.17, 15) is 4.79 Å². The third kappa shape index (κ3) is 2.38. The number of carboxylic acids is 1. The molecule has 0 saturated heterocycles. The molecule has 0 aliphatic heterocycles. The SMILES string of the molecule is Cc1ccc(-c2cc(S)c(C(=O)O)c(C)n2)cc1. The number of aromatic nitrogens is 1. The van der Waals surface area contributed by atoms with E-state index in [1.54, 1.807) is 13.0 Å². The Morgan fingerprint density at radius 3 is 2.33 bits per heavy atom. The van der Waals surface area contributed by atoms with Crippen molar-refractivity contribution >= 4 is 18.6 Å². The minimum Gasteiger partial charge on any atom is -0.478 e. The van der Waals surface area contributed by atoms with Gasteiger partial charge in [0.05, 0.1) is 17.0 Å². The first-order chi connectivity index (χ1) is 8.49. The summed E-state index contributed by atoms with van der Waals surface area (Å²) in [5.74, 6) is -1.000. The van der Waals surface area contributed by atoms with Crippen molar-refractivity contribution in [3.63, 3.8) is 0 Å². The number of pyridine rings is 1. The molecule has 92 valence electrons. The van der Waals surface area contributed by atoms with Gasteiger partial charge in [-0.25, -0.2) is 4.79 Å². The topological polar surface area (TPSA) is 50.2 Å². The van der Waals surface area contributed by atoms with Gasteiger partial charge in [-0.15, -0.1) is 12.6 Å². The summed E-state index contributed by atoms with van der Waals surface area (Å²) < 4.78 is 0. The molecule has 0 saturated carbocycles. The summed E-state index contributed by atoms with van der Waals surface area (Å²) in [5, 5.41) is 9.06. The van der Waals surface area contributed by atoms with Crippen LogP contribution in [0.25, 0.3) is 11.3 Å². The molecular formula is C14H13NO2S. The van der Waals surface area contributed by atoms with Gasteiger partial charge in [-0.05, 0) is 19.9 Å². The fourth-order valence-corrected chi connectivity index (χ4v) is 2.17. The fourth-order valence-electron chi connectivity index (χ4n) is 1.79. The first-order valence-corrected chi connectivity index (χ1v) is 5.94. The zero-order valence-electron chi connectivity index (χ0n) is 10.1. The molecule has 1 aromatic heterocycles. The fraction of sp³-hybridized carbons (Fsp3) is 0.143. The van der Waals surface area contributed by atoms with E-state index in [2.05, 4.69) is 17.6 Å².